The summed E-state index contributed by atoms with van der Waals surface area (Å²) in [5.74, 6) is 1.63. The number of nitrogens with two attached hydrogens (primary N) is 2. The van der Waals surface area contributed by atoms with E-state index in [0.717, 1.165) is 48.6 Å². The first kappa shape index (κ1) is 17.9. The molecule has 3 heterocycles. The van der Waals surface area contributed by atoms with Gasteiger partial charge in [0.05, 0.1) is 5.69 Å². The molecular weight excluding hydrogens is 330 g/mol. The van der Waals surface area contributed by atoms with E-state index in [1.54, 1.807) is 12.3 Å². The molecule has 26 heavy (non-hydrogen) atoms. The lowest BCUT2D eigenvalue weighted by Crippen LogP contribution is -2.45. The number of pyridine rings is 1. The largest absolute Gasteiger partial charge is 0.384 e. The fourth-order valence-electron chi connectivity index (χ4n) is 3.26. The van der Waals surface area contributed by atoms with Crippen LogP contribution in [0.15, 0.2) is 18.3 Å². The van der Waals surface area contributed by atoms with Crippen molar-refractivity contribution in [1.29, 1.82) is 0 Å². The molecule has 0 bridgehead atoms. The Kier molecular flexibility index (Phi) is 5.20. The third kappa shape index (κ3) is 3.84. The minimum atomic E-state index is 0.0965. The lowest BCUT2D eigenvalue weighted by Gasteiger charge is -2.34. The van der Waals surface area contributed by atoms with Crippen LogP contribution in [0.3, 0.4) is 0 Å². The van der Waals surface area contributed by atoms with E-state index < -0.39 is 0 Å². The lowest BCUT2D eigenvalue weighted by molar-refractivity contribution is -0.121. The molecule has 0 spiro atoms. The highest BCUT2D eigenvalue weighted by atomic mass is 16.1. The molecule has 0 aromatic carbocycles. The molecule has 0 aliphatic carbocycles. The van der Waals surface area contributed by atoms with Gasteiger partial charge in [0.1, 0.15) is 11.6 Å². The number of nitrogens with one attached hydrogen (secondary N) is 1. The van der Waals surface area contributed by atoms with E-state index in [2.05, 4.69) is 25.2 Å². The highest BCUT2D eigenvalue weighted by Gasteiger charge is 2.25. The van der Waals surface area contributed by atoms with E-state index in [-0.39, 0.29) is 17.9 Å². The number of nitrogen functional groups attached to an aromatic ring is 2. The first-order valence-corrected chi connectivity index (χ1v) is 8.88. The van der Waals surface area contributed by atoms with Crippen LogP contribution in [0.5, 0.6) is 0 Å². The minimum absolute atomic E-state index is 0.0965. The molecule has 0 atom stereocenters. The Morgan fingerprint density at radius 1 is 1.27 bits per heavy atom. The Morgan fingerprint density at radius 3 is 2.62 bits per heavy atom. The second-order valence-electron chi connectivity index (χ2n) is 6.52. The summed E-state index contributed by atoms with van der Waals surface area (Å²) in [4.78, 5) is 26.8. The van der Waals surface area contributed by atoms with Crippen LogP contribution >= 0.6 is 0 Å². The Hall–Kier alpha value is -2.90. The standard InChI is InChI=1S/C18H25N7O/c1-3-15(26)23-13-6-8-25(9-7-13)17-16(11(2)22-18(20)24-17)12-4-5-14(19)21-10-12/h4-5,10,13H,3,6-9H2,1-2H3,(H2,19,21)(H,23,26)(H2,20,22,24). The zero-order valence-corrected chi connectivity index (χ0v) is 15.2. The van der Waals surface area contributed by atoms with Crippen molar-refractivity contribution >= 4 is 23.5 Å². The van der Waals surface area contributed by atoms with E-state index in [1.165, 1.54) is 0 Å². The first-order valence-electron chi connectivity index (χ1n) is 8.88. The van der Waals surface area contributed by atoms with E-state index in [9.17, 15) is 4.79 Å². The molecule has 138 valence electrons. The predicted octanol–water partition coefficient (Wildman–Crippen LogP) is 1.51. The number of nitrogens with zero attached hydrogens (tertiary/aromatic N) is 4. The lowest BCUT2D eigenvalue weighted by atomic mass is 10.0. The number of aromatic nitrogens is 3. The number of rotatable bonds is 4. The number of hydrogen-bond donors (Lipinski definition) is 3. The van der Waals surface area contributed by atoms with Gasteiger partial charge in [-0.15, -0.1) is 0 Å². The van der Waals surface area contributed by atoms with Crippen LogP contribution in [0.2, 0.25) is 0 Å². The number of piperidine rings is 1. The molecule has 2 aromatic rings. The van der Waals surface area contributed by atoms with Crippen LogP contribution in [-0.2, 0) is 4.79 Å². The molecule has 8 nitrogen and oxygen atoms in total. The van der Waals surface area contributed by atoms with Gasteiger partial charge in [0.15, 0.2) is 0 Å². The summed E-state index contributed by atoms with van der Waals surface area (Å²) in [6, 6.07) is 3.89. The SMILES string of the molecule is CCC(=O)NC1CCN(c2nc(N)nc(C)c2-c2ccc(N)nc2)CC1. The molecule has 0 unspecified atom stereocenters. The third-order valence-corrected chi connectivity index (χ3v) is 4.64. The van der Waals surface area contributed by atoms with Crippen LogP contribution in [-0.4, -0.2) is 40.0 Å². The fourth-order valence-corrected chi connectivity index (χ4v) is 3.26. The van der Waals surface area contributed by atoms with Gasteiger partial charge < -0.3 is 21.7 Å². The van der Waals surface area contributed by atoms with Gasteiger partial charge in [-0.3, -0.25) is 4.79 Å². The maximum atomic E-state index is 11.6. The number of carbonyl (C=O) groups is 1. The summed E-state index contributed by atoms with van der Waals surface area (Å²) in [5.41, 5.74) is 14.2. The van der Waals surface area contributed by atoms with Crippen LogP contribution in [0.25, 0.3) is 11.1 Å². The topological polar surface area (TPSA) is 123 Å². The fraction of sp³-hybridized carbons (Fsp3) is 0.444. The Bertz CT molecular complexity index is 783. The van der Waals surface area contributed by atoms with Gasteiger partial charge >= 0.3 is 0 Å². The van der Waals surface area contributed by atoms with Crippen molar-refractivity contribution in [2.45, 2.75) is 39.2 Å². The van der Waals surface area contributed by atoms with Crippen molar-refractivity contribution in [2.24, 2.45) is 0 Å². The summed E-state index contributed by atoms with van der Waals surface area (Å²) in [6.07, 6.45) is 3.98. The van der Waals surface area contributed by atoms with Crippen molar-refractivity contribution in [3.05, 3.63) is 24.0 Å². The maximum absolute atomic E-state index is 11.6. The molecule has 3 rings (SSSR count). The van der Waals surface area contributed by atoms with Crippen LogP contribution < -0.4 is 21.7 Å². The van der Waals surface area contributed by atoms with Crippen molar-refractivity contribution in [1.82, 2.24) is 20.3 Å². The average Bonchev–Trinajstić information content (AvgIpc) is 2.63. The Labute approximate surface area is 153 Å². The maximum Gasteiger partial charge on any atom is 0.222 e. The smallest absolute Gasteiger partial charge is 0.222 e. The Morgan fingerprint density at radius 2 is 2.00 bits per heavy atom. The highest BCUT2D eigenvalue weighted by Crippen LogP contribution is 2.33. The number of carbonyl (C=O) groups excluding carboxylic acids is 1. The molecule has 8 heteroatoms. The average molecular weight is 355 g/mol. The van der Waals surface area contributed by atoms with E-state index in [4.69, 9.17) is 11.5 Å². The second kappa shape index (κ2) is 7.55. The van der Waals surface area contributed by atoms with E-state index >= 15 is 0 Å². The number of anilines is 3. The van der Waals surface area contributed by atoms with E-state index in [1.807, 2.05) is 19.9 Å². The van der Waals surface area contributed by atoms with Gasteiger partial charge in [-0.1, -0.05) is 6.92 Å². The molecule has 1 aliphatic heterocycles. The second-order valence-corrected chi connectivity index (χ2v) is 6.52. The number of amides is 1. The third-order valence-electron chi connectivity index (χ3n) is 4.64. The minimum Gasteiger partial charge on any atom is -0.384 e. The molecule has 1 aliphatic rings. The summed E-state index contributed by atoms with van der Waals surface area (Å²) in [7, 11) is 0. The van der Waals surface area contributed by atoms with Gasteiger partial charge in [-0.25, -0.2) is 9.97 Å². The van der Waals surface area contributed by atoms with Gasteiger partial charge in [-0.05, 0) is 31.9 Å². The molecular formula is C18H25N7O. The first-order chi connectivity index (χ1) is 12.5. The summed E-state index contributed by atoms with van der Waals surface area (Å²) >= 11 is 0. The van der Waals surface area contributed by atoms with Crippen LogP contribution in [0, 0.1) is 6.92 Å². The van der Waals surface area contributed by atoms with Crippen LogP contribution in [0.4, 0.5) is 17.6 Å². The zero-order valence-electron chi connectivity index (χ0n) is 15.2. The highest BCUT2D eigenvalue weighted by molar-refractivity contribution is 5.79. The molecule has 2 aromatic heterocycles. The molecule has 0 radical (unpaired) electrons. The van der Waals surface area contributed by atoms with Gasteiger partial charge in [0.25, 0.3) is 0 Å². The normalized spacial score (nSPS) is 15.1. The number of hydrogen-bond acceptors (Lipinski definition) is 7. The van der Waals surface area contributed by atoms with Gasteiger partial charge in [0, 0.05) is 42.9 Å². The molecule has 5 N–H and O–H groups in total. The molecule has 0 saturated carbocycles. The summed E-state index contributed by atoms with van der Waals surface area (Å²) in [6.45, 7) is 5.37. The van der Waals surface area contributed by atoms with Crippen molar-refractivity contribution in [3.63, 3.8) is 0 Å². The van der Waals surface area contributed by atoms with Gasteiger partial charge in [-0.2, -0.15) is 4.98 Å². The molecule has 1 fully saturated rings. The predicted molar refractivity (Wildman–Crippen MR) is 102 cm³/mol. The zero-order chi connectivity index (χ0) is 18.7. The van der Waals surface area contributed by atoms with E-state index in [0.29, 0.717) is 12.2 Å². The van der Waals surface area contributed by atoms with Crippen LogP contribution in [0.1, 0.15) is 31.9 Å². The van der Waals surface area contributed by atoms with Crippen molar-refractivity contribution < 1.29 is 4.79 Å². The monoisotopic (exact) mass is 355 g/mol. The summed E-state index contributed by atoms with van der Waals surface area (Å²) < 4.78 is 0. The molecule has 1 amide bonds. The Balaban J connectivity index is 1.86. The number of aryl methyl sites for hydroxylation is 1. The van der Waals surface area contributed by atoms with Gasteiger partial charge in [0.2, 0.25) is 11.9 Å². The molecule has 1 saturated heterocycles. The van der Waals surface area contributed by atoms with Crippen molar-refractivity contribution in [3.8, 4) is 11.1 Å². The summed E-state index contributed by atoms with van der Waals surface area (Å²) in [5, 5.41) is 3.07. The quantitative estimate of drug-likeness (QED) is 0.759. The van der Waals surface area contributed by atoms with Crippen molar-refractivity contribution in [2.75, 3.05) is 29.5 Å².